The van der Waals surface area contributed by atoms with E-state index in [2.05, 4.69) is 24.2 Å². The Labute approximate surface area is 158 Å². The van der Waals surface area contributed by atoms with E-state index in [0.29, 0.717) is 30.4 Å². The summed E-state index contributed by atoms with van der Waals surface area (Å²) in [6.45, 7) is 5.62. The Kier molecular flexibility index (Phi) is 4.19. The molecule has 1 aromatic rings. The third-order valence-electron chi connectivity index (χ3n) is 5.14. The van der Waals surface area contributed by atoms with E-state index in [1.165, 1.54) is 0 Å². The van der Waals surface area contributed by atoms with Crippen LogP contribution in [0.1, 0.15) is 20.3 Å². The molecule has 7 heteroatoms. The number of carbonyl (C=O) groups is 1. The molecule has 0 unspecified atom stereocenters. The molecule has 4 rings (SSSR count). The van der Waals surface area contributed by atoms with Gasteiger partial charge in [0, 0.05) is 43.0 Å². The van der Waals surface area contributed by atoms with Crippen LogP contribution >= 0.6 is 0 Å². The fourth-order valence-electron chi connectivity index (χ4n) is 3.77. The number of hydrogen-bond donors (Lipinski definition) is 1. The van der Waals surface area contributed by atoms with Gasteiger partial charge in [-0.2, -0.15) is 0 Å². The van der Waals surface area contributed by atoms with E-state index in [1.54, 1.807) is 25.3 Å². The highest BCUT2D eigenvalue weighted by molar-refractivity contribution is 6.45. The normalized spacial score (nSPS) is 20.9. The first-order valence-corrected chi connectivity index (χ1v) is 8.99. The van der Waals surface area contributed by atoms with Gasteiger partial charge in [-0.1, -0.05) is 0 Å². The number of hydrogen-bond acceptors (Lipinski definition) is 6. The molecule has 27 heavy (non-hydrogen) atoms. The summed E-state index contributed by atoms with van der Waals surface area (Å²) in [6, 6.07) is 5.52. The Bertz CT molecular complexity index is 885. The van der Waals surface area contributed by atoms with Crippen molar-refractivity contribution in [3.63, 3.8) is 0 Å². The van der Waals surface area contributed by atoms with Crippen LogP contribution in [0.25, 0.3) is 0 Å². The predicted molar refractivity (Wildman–Crippen MR) is 104 cm³/mol. The number of rotatable bonds is 3. The van der Waals surface area contributed by atoms with E-state index in [1.807, 2.05) is 29.2 Å². The highest BCUT2D eigenvalue weighted by atomic mass is 16.5. The lowest BCUT2D eigenvalue weighted by Crippen LogP contribution is -2.58. The molecule has 7 nitrogen and oxygen atoms in total. The summed E-state index contributed by atoms with van der Waals surface area (Å²) in [5.74, 6) is 1.54. The van der Waals surface area contributed by atoms with Crippen LogP contribution in [0, 0.1) is 0 Å². The zero-order valence-electron chi connectivity index (χ0n) is 16.1. The third kappa shape index (κ3) is 2.88. The van der Waals surface area contributed by atoms with Crippen LogP contribution in [0.2, 0.25) is 0 Å². The van der Waals surface area contributed by atoms with Gasteiger partial charge in [0.2, 0.25) is 0 Å². The number of nitrogens with zero attached hydrogens (tertiary/aromatic N) is 3. The van der Waals surface area contributed by atoms with E-state index in [0.717, 1.165) is 23.5 Å². The molecule has 0 saturated carbocycles. The lowest BCUT2D eigenvalue weighted by molar-refractivity contribution is -0.113. The zero-order valence-corrected chi connectivity index (χ0v) is 16.1. The number of amides is 1. The predicted octanol–water partition coefficient (Wildman–Crippen LogP) is 2.26. The average molecular weight is 368 g/mol. The number of benzene rings is 1. The summed E-state index contributed by atoms with van der Waals surface area (Å²) in [4.78, 5) is 21.5. The van der Waals surface area contributed by atoms with Crippen molar-refractivity contribution in [1.82, 2.24) is 10.2 Å². The number of anilines is 1. The van der Waals surface area contributed by atoms with Crippen LogP contribution in [-0.2, 0) is 4.79 Å². The van der Waals surface area contributed by atoms with Crippen LogP contribution in [0.4, 0.5) is 5.69 Å². The number of methoxy groups -OCH3 is 2. The third-order valence-corrected chi connectivity index (χ3v) is 5.14. The van der Waals surface area contributed by atoms with Gasteiger partial charge in [-0.3, -0.25) is 9.69 Å². The van der Waals surface area contributed by atoms with Gasteiger partial charge >= 0.3 is 0 Å². The number of carbonyl (C=O) groups excluding carboxylic acids is 1. The highest BCUT2D eigenvalue weighted by Gasteiger charge is 2.42. The zero-order chi connectivity index (χ0) is 19.2. The monoisotopic (exact) mass is 368 g/mol. The van der Waals surface area contributed by atoms with Crippen molar-refractivity contribution < 1.29 is 14.3 Å². The summed E-state index contributed by atoms with van der Waals surface area (Å²) in [7, 11) is 3.19. The molecule has 0 fully saturated rings. The van der Waals surface area contributed by atoms with Crippen LogP contribution in [0.5, 0.6) is 11.5 Å². The average Bonchev–Trinajstić information content (AvgIpc) is 2.68. The molecule has 3 heterocycles. The van der Waals surface area contributed by atoms with Crippen LogP contribution < -0.4 is 19.7 Å². The maximum Gasteiger partial charge on any atom is 0.298 e. The molecule has 0 atom stereocenters. The fourth-order valence-corrected chi connectivity index (χ4v) is 3.77. The molecule has 1 N–H and O–H groups in total. The molecule has 3 aliphatic rings. The van der Waals surface area contributed by atoms with E-state index in [9.17, 15) is 4.79 Å². The lowest BCUT2D eigenvalue weighted by Gasteiger charge is -2.46. The van der Waals surface area contributed by atoms with Crippen LogP contribution in [0.15, 0.2) is 46.9 Å². The van der Waals surface area contributed by atoms with E-state index < -0.39 is 0 Å². The summed E-state index contributed by atoms with van der Waals surface area (Å²) in [5, 5.41) is 3.53. The SMILES string of the molecule is COc1ccc(N2C(=O)C3=NC=CCN3C3=C2CNC(C)(C)C3)cc1OC. The van der Waals surface area contributed by atoms with Crippen molar-refractivity contribution >= 4 is 17.4 Å². The molecular formula is C20H24N4O3. The van der Waals surface area contributed by atoms with Gasteiger partial charge in [0.05, 0.1) is 25.6 Å². The maximum absolute atomic E-state index is 13.3. The van der Waals surface area contributed by atoms with Crippen molar-refractivity contribution in [3.8, 4) is 11.5 Å². The second-order valence-corrected chi connectivity index (χ2v) is 7.44. The van der Waals surface area contributed by atoms with Gasteiger partial charge in [0.25, 0.3) is 5.91 Å². The first-order valence-electron chi connectivity index (χ1n) is 8.99. The van der Waals surface area contributed by atoms with Crippen LogP contribution in [-0.4, -0.2) is 49.5 Å². The molecule has 0 aromatic heterocycles. The minimum Gasteiger partial charge on any atom is -0.493 e. The van der Waals surface area contributed by atoms with Gasteiger partial charge in [-0.05, 0) is 32.1 Å². The summed E-state index contributed by atoms with van der Waals surface area (Å²) in [6.07, 6.45) is 4.49. The second kappa shape index (κ2) is 6.42. The van der Waals surface area contributed by atoms with Crippen molar-refractivity contribution in [2.24, 2.45) is 4.99 Å². The van der Waals surface area contributed by atoms with Crippen LogP contribution in [0.3, 0.4) is 0 Å². The Morgan fingerprint density at radius 1 is 1.15 bits per heavy atom. The Balaban J connectivity index is 1.86. The Morgan fingerprint density at radius 2 is 1.93 bits per heavy atom. The van der Waals surface area contributed by atoms with E-state index in [4.69, 9.17) is 9.47 Å². The first kappa shape index (κ1) is 17.6. The summed E-state index contributed by atoms with van der Waals surface area (Å²) >= 11 is 0. The van der Waals surface area contributed by atoms with Gasteiger partial charge in [0.15, 0.2) is 17.3 Å². The largest absolute Gasteiger partial charge is 0.493 e. The first-order chi connectivity index (χ1) is 12.9. The summed E-state index contributed by atoms with van der Waals surface area (Å²) in [5.41, 5.74) is 2.79. The molecule has 0 spiro atoms. The molecule has 3 aliphatic heterocycles. The van der Waals surface area contributed by atoms with E-state index in [-0.39, 0.29) is 11.4 Å². The number of ether oxygens (including phenoxy) is 2. The summed E-state index contributed by atoms with van der Waals surface area (Å²) < 4.78 is 10.8. The molecule has 0 aliphatic carbocycles. The standard InChI is InChI=1S/C20H24N4O3/c1-20(2)11-14-15(12-22-20)24(19(25)18-21-8-5-9-23(14)18)13-6-7-16(26-3)17(10-13)27-4/h5-8,10,22H,9,11-12H2,1-4H3. The number of amidine groups is 1. The van der Waals surface area contributed by atoms with Gasteiger partial charge in [-0.15, -0.1) is 0 Å². The quantitative estimate of drug-likeness (QED) is 0.887. The lowest BCUT2D eigenvalue weighted by atomic mass is 9.90. The van der Waals surface area contributed by atoms with Crippen molar-refractivity contribution in [2.75, 3.05) is 32.2 Å². The Morgan fingerprint density at radius 3 is 2.67 bits per heavy atom. The van der Waals surface area contributed by atoms with Gasteiger partial charge in [0.1, 0.15) is 0 Å². The molecule has 0 saturated heterocycles. The number of aliphatic imine (C=N–C) groups is 1. The minimum atomic E-state index is -0.133. The van der Waals surface area contributed by atoms with Gasteiger partial charge < -0.3 is 19.7 Å². The number of fused-ring (bicyclic) bond motifs is 2. The smallest absolute Gasteiger partial charge is 0.298 e. The van der Waals surface area contributed by atoms with Crippen molar-refractivity contribution in [3.05, 3.63) is 41.9 Å². The Hall–Kier alpha value is -2.80. The molecule has 0 radical (unpaired) electrons. The fraction of sp³-hybridized carbons (Fsp3) is 0.400. The molecule has 0 bridgehead atoms. The van der Waals surface area contributed by atoms with Crippen molar-refractivity contribution in [1.29, 1.82) is 0 Å². The van der Waals surface area contributed by atoms with E-state index >= 15 is 0 Å². The molecular weight excluding hydrogens is 344 g/mol. The molecule has 1 aromatic carbocycles. The molecule has 1 amide bonds. The topological polar surface area (TPSA) is 66.4 Å². The minimum absolute atomic E-state index is 0.0469. The number of nitrogens with one attached hydrogen (secondary N) is 1. The van der Waals surface area contributed by atoms with Crippen molar-refractivity contribution in [2.45, 2.75) is 25.8 Å². The second-order valence-electron chi connectivity index (χ2n) is 7.44. The molecule has 142 valence electrons. The highest BCUT2D eigenvalue weighted by Crippen LogP contribution is 2.38. The maximum atomic E-state index is 13.3. The van der Waals surface area contributed by atoms with Gasteiger partial charge in [-0.25, -0.2) is 4.99 Å².